The van der Waals surface area contributed by atoms with Gasteiger partial charge in [0.15, 0.2) is 0 Å². The van der Waals surface area contributed by atoms with E-state index in [2.05, 4.69) is 28.8 Å². The lowest BCUT2D eigenvalue weighted by Crippen LogP contribution is -2.24. The van der Waals surface area contributed by atoms with Crippen molar-refractivity contribution < 1.29 is 9.84 Å². The highest BCUT2D eigenvalue weighted by molar-refractivity contribution is 6.42. The molecule has 0 amide bonds. The van der Waals surface area contributed by atoms with Crippen LogP contribution >= 0.6 is 23.2 Å². The summed E-state index contributed by atoms with van der Waals surface area (Å²) in [6, 6.07) is 18.0. The molecule has 0 aliphatic heterocycles. The summed E-state index contributed by atoms with van der Waals surface area (Å²) in [5.41, 5.74) is 2.12. The van der Waals surface area contributed by atoms with Crippen molar-refractivity contribution in [1.29, 1.82) is 0 Å². The Bertz CT molecular complexity index is 934. The van der Waals surface area contributed by atoms with Crippen molar-refractivity contribution in [2.45, 2.75) is 19.6 Å². The molecule has 0 radical (unpaired) electrons. The zero-order chi connectivity index (χ0) is 20.5. The second-order valence-electron chi connectivity index (χ2n) is 6.80. The molecule has 3 aromatic rings. The average Bonchev–Trinajstić information content (AvgIpc) is 2.74. The quantitative estimate of drug-likeness (QED) is 0.381. The molecular formula is C23H26Cl2N2O2. The molecule has 0 heterocycles. The van der Waals surface area contributed by atoms with Gasteiger partial charge in [0.1, 0.15) is 12.4 Å². The molecule has 3 aromatic carbocycles. The molecule has 0 spiro atoms. The summed E-state index contributed by atoms with van der Waals surface area (Å²) in [5.74, 6) is 0.862. The minimum Gasteiger partial charge on any atom is -0.489 e. The molecule has 0 bridgehead atoms. The van der Waals surface area contributed by atoms with Crippen molar-refractivity contribution in [2.75, 3.05) is 26.2 Å². The number of hydrogen-bond donors (Lipinski definition) is 3. The molecular weight excluding hydrogens is 407 g/mol. The Kier molecular flexibility index (Phi) is 8.59. The maximum atomic E-state index is 8.80. The summed E-state index contributed by atoms with van der Waals surface area (Å²) in [7, 11) is 0. The Hall–Kier alpha value is -1.82. The van der Waals surface area contributed by atoms with E-state index >= 15 is 0 Å². The van der Waals surface area contributed by atoms with Crippen LogP contribution in [0.15, 0.2) is 54.6 Å². The normalized spacial score (nSPS) is 11.1. The Morgan fingerprint density at radius 3 is 2.52 bits per heavy atom. The van der Waals surface area contributed by atoms with Crippen LogP contribution in [0.3, 0.4) is 0 Å². The molecule has 0 atom stereocenters. The largest absolute Gasteiger partial charge is 0.489 e. The smallest absolute Gasteiger partial charge is 0.124 e. The SMILES string of the molecule is OCCNCCCNCc1c(OCc2ccc(Cl)c(Cl)c2)ccc2ccccc12. The number of fused-ring (bicyclic) bond motifs is 1. The van der Waals surface area contributed by atoms with Gasteiger partial charge in [-0.1, -0.05) is 59.6 Å². The van der Waals surface area contributed by atoms with Gasteiger partial charge >= 0.3 is 0 Å². The van der Waals surface area contributed by atoms with Gasteiger partial charge in [-0.2, -0.15) is 0 Å². The van der Waals surface area contributed by atoms with Crippen molar-refractivity contribution in [3.8, 4) is 5.75 Å². The molecule has 0 saturated carbocycles. The first-order chi connectivity index (χ1) is 14.2. The number of nitrogens with one attached hydrogen (secondary N) is 2. The van der Waals surface area contributed by atoms with Gasteiger partial charge in [0, 0.05) is 18.7 Å². The van der Waals surface area contributed by atoms with Crippen LogP contribution in [0.25, 0.3) is 10.8 Å². The lowest BCUT2D eigenvalue weighted by molar-refractivity contribution is 0.292. The highest BCUT2D eigenvalue weighted by atomic mass is 35.5. The zero-order valence-electron chi connectivity index (χ0n) is 16.3. The van der Waals surface area contributed by atoms with Gasteiger partial charge in [-0.3, -0.25) is 0 Å². The van der Waals surface area contributed by atoms with Crippen LogP contribution in [0.2, 0.25) is 10.0 Å². The summed E-state index contributed by atoms with van der Waals surface area (Å²) < 4.78 is 6.15. The number of hydrogen-bond acceptors (Lipinski definition) is 4. The van der Waals surface area contributed by atoms with E-state index in [1.807, 2.05) is 30.3 Å². The maximum absolute atomic E-state index is 8.80. The van der Waals surface area contributed by atoms with E-state index in [0.717, 1.165) is 42.9 Å². The second-order valence-corrected chi connectivity index (χ2v) is 7.62. The van der Waals surface area contributed by atoms with Crippen LogP contribution < -0.4 is 15.4 Å². The monoisotopic (exact) mass is 432 g/mol. The third-order valence-corrected chi connectivity index (χ3v) is 5.41. The van der Waals surface area contributed by atoms with Gasteiger partial charge in [-0.25, -0.2) is 0 Å². The molecule has 3 N–H and O–H groups in total. The first-order valence-electron chi connectivity index (χ1n) is 9.78. The lowest BCUT2D eigenvalue weighted by atomic mass is 10.0. The standard InChI is InChI=1S/C23H26Cl2N2O2/c24-21-8-6-17(14-22(21)25)16-29-23-9-7-18-4-1-2-5-19(18)20(23)15-27-11-3-10-26-12-13-28/h1-2,4-9,14,26-28H,3,10-13,15-16H2. The van der Waals surface area contributed by atoms with E-state index in [-0.39, 0.29) is 6.61 Å². The molecule has 154 valence electrons. The first kappa shape index (κ1) is 21.9. The summed E-state index contributed by atoms with van der Waals surface area (Å²) in [6.07, 6.45) is 0.990. The van der Waals surface area contributed by atoms with Crippen molar-refractivity contribution in [3.63, 3.8) is 0 Å². The third-order valence-electron chi connectivity index (χ3n) is 4.67. The highest BCUT2D eigenvalue weighted by Crippen LogP contribution is 2.29. The molecule has 3 rings (SSSR count). The van der Waals surface area contributed by atoms with Crippen LogP contribution in [0.4, 0.5) is 0 Å². The lowest BCUT2D eigenvalue weighted by Gasteiger charge is -2.15. The van der Waals surface area contributed by atoms with Gasteiger partial charge in [-0.15, -0.1) is 0 Å². The van der Waals surface area contributed by atoms with Crippen LogP contribution in [0, 0.1) is 0 Å². The number of halogens is 2. The molecule has 6 heteroatoms. The first-order valence-corrected chi connectivity index (χ1v) is 10.5. The molecule has 0 fully saturated rings. The van der Waals surface area contributed by atoms with Gasteiger partial charge in [0.2, 0.25) is 0 Å². The fourth-order valence-electron chi connectivity index (χ4n) is 3.18. The Morgan fingerprint density at radius 1 is 0.862 bits per heavy atom. The minimum atomic E-state index is 0.170. The maximum Gasteiger partial charge on any atom is 0.124 e. The zero-order valence-corrected chi connectivity index (χ0v) is 17.8. The summed E-state index contributed by atoms with van der Waals surface area (Å²) in [5, 5.41) is 18.9. The molecule has 4 nitrogen and oxygen atoms in total. The van der Waals surface area contributed by atoms with Gasteiger partial charge in [0.25, 0.3) is 0 Å². The topological polar surface area (TPSA) is 53.5 Å². The van der Waals surface area contributed by atoms with Crippen molar-refractivity contribution in [3.05, 3.63) is 75.8 Å². The number of ether oxygens (including phenoxy) is 1. The molecule has 0 saturated heterocycles. The predicted octanol–water partition coefficient (Wildman–Crippen LogP) is 4.79. The van der Waals surface area contributed by atoms with Crippen molar-refractivity contribution in [1.82, 2.24) is 10.6 Å². The van der Waals surface area contributed by atoms with Gasteiger partial charge in [-0.05, 0) is 54.0 Å². The average molecular weight is 433 g/mol. The summed E-state index contributed by atoms with van der Waals surface area (Å²) in [4.78, 5) is 0. The van der Waals surface area contributed by atoms with E-state index < -0.39 is 0 Å². The molecule has 0 unspecified atom stereocenters. The molecule has 29 heavy (non-hydrogen) atoms. The predicted molar refractivity (Wildman–Crippen MR) is 121 cm³/mol. The second kappa shape index (κ2) is 11.4. The van der Waals surface area contributed by atoms with Gasteiger partial charge < -0.3 is 20.5 Å². The fourth-order valence-corrected chi connectivity index (χ4v) is 3.50. The van der Waals surface area contributed by atoms with Crippen molar-refractivity contribution >= 4 is 34.0 Å². The Morgan fingerprint density at radius 2 is 1.69 bits per heavy atom. The number of benzene rings is 3. The number of rotatable bonds is 11. The van der Waals surface area contributed by atoms with Crippen LogP contribution in [0.1, 0.15) is 17.5 Å². The Balaban J connectivity index is 1.68. The number of aliphatic hydroxyl groups excluding tert-OH is 1. The highest BCUT2D eigenvalue weighted by Gasteiger charge is 2.10. The van der Waals surface area contributed by atoms with E-state index in [0.29, 0.717) is 23.2 Å². The Labute approximate surface area is 181 Å². The molecule has 0 aliphatic carbocycles. The molecule has 0 aliphatic rings. The van der Waals surface area contributed by atoms with E-state index in [1.165, 1.54) is 10.8 Å². The number of aliphatic hydroxyl groups is 1. The third kappa shape index (κ3) is 6.33. The van der Waals surface area contributed by atoms with Crippen LogP contribution in [0.5, 0.6) is 5.75 Å². The van der Waals surface area contributed by atoms with Crippen LogP contribution in [-0.4, -0.2) is 31.3 Å². The summed E-state index contributed by atoms with van der Waals surface area (Å²) in [6.45, 7) is 3.71. The van der Waals surface area contributed by atoms with Gasteiger partial charge in [0.05, 0.1) is 16.7 Å². The summed E-state index contributed by atoms with van der Waals surface area (Å²) >= 11 is 12.1. The van der Waals surface area contributed by atoms with E-state index in [9.17, 15) is 0 Å². The molecule has 0 aromatic heterocycles. The fraction of sp³-hybridized carbons (Fsp3) is 0.304. The van der Waals surface area contributed by atoms with E-state index in [1.54, 1.807) is 6.07 Å². The van der Waals surface area contributed by atoms with E-state index in [4.69, 9.17) is 33.0 Å². The minimum absolute atomic E-state index is 0.170. The van der Waals surface area contributed by atoms with Crippen LogP contribution in [-0.2, 0) is 13.2 Å². The van der Waals surface area contributed by atoms with Crippen molar-refractivity contribution in [2.24, 2.45) is 0 Å².